The monoisotopic (exact) mass is 464 g/mol. The van der Waals surface area contributed by atoms with Crippen LogP contribution < -0.4 is 10.9 Å². The highest BCUT2D eigenvalue weighted by molar-refractivity contribution is 5.98. The summed E-state index contributed by atoms with van der Waals surface area (Å²) in [5.41, 5.74) is 7.21. The Kier molecular flexibility index (Phi) is 5.83. The summed E-state index contributed by atoms with van der Waals surface area (Å²) in [5.74, 6) is -0.185. The zero-order valence-electron chi connectivity index (χ0n) is 18.7. The van der Waals surface area contributed by atoms with Gasteiger partial charge in [-0.2, -0.15) is 5.10 Å². The second kappa shape index (κ2) is 9.40. The predicted octanol–water partition coefficient (Wildman–Crippen LogP) is 2.90. The third-order valence-corrected chi connectivity index (χ3v) is 5.25. The molecule has 2 amide bonds. The molecular formula is C25H20N8O2. The molecule has 0 aliphatic carbocycles. The molecule has 0 unspecified atom stereocenters. The molecular weight excluding hydrogens is 444 g/mol. The number of carbonyl (C=O) groups excluding carboxylic acids is 2. The average molecular weight is 464 g/mol. The Hall–Kier alpha value is -5.12. The van der Waals surface area contributed by atoms with Gasteiger partial charge >= 0.3 is 5.91 Å². The van der Waals surface area contributed by atoms with Gasteiger partial charge in [0.15, 0.2) is 11.6 Å². The Bertz CT molecular complexity index is 1420. The van der Waals surface area contributed by atoms with Gasteiger partial charge in [0.1, 0.15) is 0 Å². The lowest BCUT2D eigenvalue weighted by atomic mass is 10.2. The normalized spacial score (nSPS) is 10.7. The summed E-state index contributed by atoms with van der Waals surface area (Å²) in [6, 6.07) is 24.2. The van der Waals surface area contributed by atoms with Crippen molar-refractivity contribution in [2.45, 2.75) is 6.92 Å². The number of para-hydroxylation sites is 1. The van der Waals surface area contributed by atoms with Crippen LogP contribution in [0.2, 0.25) is 0 Å². The Morgan fingerprint density at radius 3 is 2.20 bits per heavy atom. The summed E-state index contributed by atoms with van der Waals surface area (Å²) < 4.78 is 3.14. The van der Waals surface area contributed by atoms with E-state index in [1.54, 1.807) is 34.6 Å². The molecule has 0 radical (unpaired) electrons. The Labute approximate surface area is 200 Å². The number of carbonyl (C=O) groups is 2. The molecule has 0 saturated carbocycles. The summed E-state index contributed by atoms with van der Waals surface area (Å²) in [4.78, 5) is 34.2. The standard InChI is InChI=1S/C25H20N8O2/c1-17-20(16-27-32(17)21-14-8-9-15-26-21)24(34)29-30-25(35)22-28-23(18-10-4-2-5-11-18)33(31-22)19-12-6-3-7-13-19/h2-16H,1H3,(H,29,34)(H,30,35). The third-order valence-electron chi connectivity index (χ3n) is 5.25. The van der Waals surface area contributed by atoms with Crippen LogP contribution in [0.25, 0.3) is 22.9 Å². The van der Waals surface area contributed by atoms with E-state index in [0.29, 0.717) is 22.9 Å². The topological polar surface area (TPSA) is 120 Å². The molecule has 0 saturated heterocycles. The molecule has 10 heteroatoms. The van der Waals surface area contributed by atoms with Gasteiger partial charge < -0.3 is 0 Å². The molecule has 0 fully saturated rings. The van der Waals surface area contributed by atoms with Crippen molar-refractivity contribution >= 4 is 11.8 Å². The molecule has 0 aliphatic heterocycles. The van der Waals surface area contributed by atoms with Gasteiger partial charge in [0.25, 0.3) is 5.91 Å². The van der Waals surface area contributed by atoms with E-state index in [1.165, 1.54) is 6.20 Å². The minimum absolute atomic E-state index is 0.0890. The van der Waals surface area contributed by atoms with Crippen molar-refractivity contribution in [2.24, 2.45) is 0 Å². The maximum absolute atomic E-state index is 12.8. The molecule has 0 aliphatic rings. The number of nitrogens with zero attached hydrogens (tertiary/aromatic N) is 6. The summed E-state index contributed by atoms with van der Waals surface area (Å²) in [7, 11) is 0. The largest absolute Gasteiger partial charge is 0.309 e. The summed E-state index contributed by atoms with van der Waals surface area (Å²) in [6.07, 6.45) is 3.06. The molecule has 35 heavy (non-hydrogen) atoms. The fourth-order valence-corrected chi connectivity index (χ4v) is 3.51. The van der Waals surface area contributed by atoms with E-state index in [-0.39, 0.29) is 5.82 Å². The van der Waals surface area contributed by atoms with Gasteiger partial charge in [0.2, 0.25) is 5.82 Å². The number of rotatable bonds is 5. The molecule has 10 nitrogen and oxygen atoms in total. The quantitative estimate of drug-likeness (QED) is 0.386. The van der Waals surface area contributed by atoms with Crippen LogP contribution in [0.4, 0.5) is 0 Å². The van der Waals surface area contributed by atoms with Gasteiger partial charge in [-0.1, -0.05) is 54.6 Å². The molecule has 0 spiro atoms. The first kappa shape index (κ1) is 21.7. The number of hydrazine groups is 1. The lowest BCUT2D eigenvalue weighted by Crippen LogP contribution is -2.42. The van der Waals surface area contributed by atoms with Gasteiger partial charge in [-0.05, 0) is 31.2 Å². The minimum atomic E-state index is -0.653. The highest BCUT2D eigenvalue weighted by atomic mass is 16.2. The van der Waals surface area contributed by atoms with Crippen molar-refractivity contribution < 1.29 is 9.59 Å². The minimum Gasteiger partial charge on any atom is -0.267 e. The number of pyridine rings is 1. The molecule has 5 rings (SSSR count). The van der Waals surface area contributed by atoms with Crippen LogP contribution in [0.1, 0.15) is 26.7 Å². The van der Waals surface area contributed by atoms with Gasteiger partial charge in [-0.25, -0.2) is 19.3 Å². The van der Waals surface area contributed by atoms with Gasteiger partial charge in [-0.15, -0.1) is 5.10 Å². The van der Waals surface area contributed by atoms with E-state index in [2.05, 4.69) is 31.0 Å². The van der Waals surface area contributed by atoms with Crippen LogP contribution >= 0.6 is 0 Å². The summed E-state index contributed by atoms with van der Waals surface area (Å²) >= 11 is 0. The zero-order valence-corrected chi connectivity index (χ0v) is 18.7. The number of nitrogens with one attached hydrogen (secondary N) is 2. The number of hydrogen-bond acceptors (Lipinski definition) is 6. The van der Waals surface area contributed by atoms with E-state index in [9.17, 15) is 9.59 Å². The average Bonchev–Trinajstić information content (AvgIpc) is 3.53. The lowest BCUT2D eigenvalue weighted by Gasteiger charge is -2.06. The highest BCUT2D eigenvalue weighted by Gasteiger charge is 2.21. The van der Waals surface area contributed by atoms with Crippen LogP contribution in [0, 0.1) is 6.92 Å². The van der Waals surface area contributed by atoms with Crippen LogP contribution in [-0.4, -0.2) is 41.3 Å². The highest BCUT2D eigenvalue weighted by Crippen LogP contribution is 2.21. The first-order valence-corrected chi connectivity index (χ1v) is 10.8. The zero-order chi connectivity index (χ0) is 24.2. The van der Waals surface area contributed by atoms with Crippen molar-refractivity contribution in [3.8, 4) is 22.9 Å². The van der Waals surface area contributed by atoms with E-state index in [1.807, 2.05) is 66.7 Å². The Morgan fingerprint density at radius 2 is 1.49 bits per heavy atom. The molecule has 2 N–H and O–H groups in total. The van der Waals surface area contributed by atoms with Crippen LogP contribution in [-0.2, 0) is 0 Å². The second-order valence-electron chi connectivity index (χ2n) is 7.52. The van der Waals surface area contributed by atoms with Crippen molar-refractivity contribution in [3.63, 3.8) is 0 Å². The predicted molar refractivity (Wildman–Crippen MR) is 128 cm³/mol. The summed E-state index contributed by atoms with van der Waals surface area (Å²) in [6.45, 7) is 1.74. The first-order chi connectivity index (χ1) is 17.1. The molecule has 2 aromatic carbocycles. The van der Waals surface area contributed by atoms with Crippen molar-refractivity contribution in [1.29, 1.82) is 0 Å². The van der Waals surface area contributed by atoms with Gasteiger partial charge in [0, 0.05) is 11.8 Å². The maximum Gasteiger partial charge on any atom is 0.309 e. The maximum atomic E-state index is 12.8. The van der Waals surface area contributed by atoms with Gasteiger partial charge in [0.05, 0.1) is 23.1 Å². The number of aromatic nitrogens is 6. The van der Waals surface area contributed by atoms with Crippen molar-refractivity contribution in [3.05, 3.63) is 108 Å². The number of hydrogen-bond donors (Lipinski definition) is 2. The molecule has 0 bridgehead atoms. The van der Waals surface area contributed by atoms with E-state index < -0.39 is 11.8 Å². The fourth-order valence-electron chi connectivity index (χ4n) is 3.51. The molecule has 3 aromatic heterocycles. The fraction of sp³-hybridized carbons (Fsp3) is 0.0400. The lowest BCUT2D eigenvalue weighted by molar-refractivity contribution is 0.0840. The van der Waals surface area contributed by atoms with Crippen LogP contribution in [0.5, 0.6) is 0 Å². The van der Waals surface area contributed by atoms with Crippen molar-refractivity contribution in [1.82, 2.24) is 40.4 Å². The van der Waals surface area contributed by atoms with E-state index in [4.69, 9.17) is 0 Å². The van der Waals surface area contributed by atoms with Crippen LogP contribution in [0.15, 0.2) is 91.3 Å². The Morgan fingerprint density at radius 1 is 0.800 bits per heavy atom. The van der Waals surface area contributed by atoms with E-state index >= 15 is 0 Å². The molecule has 5 aromatic rings. The summed E-state index contributed by atoms with van der Waals surface area (Å²) in [5, 5.41) is 8.61. The third kappa shape index (κ3) is 4.40. The van der Waals surface area contributed by atoms with Gasteiger partial charge in [-0.3, -0.25) is 20.4 Å². The molecule has 3 heterocycles. The van der Waals surface area contributed by atoms with Crippen LogP contribution in [0.3, 0.4) is 0 Å². The second-order valence-corrected chi connectivity index (χ2v) is 7.52. The Balaban J connectivity index is 1.36. The van der Waals surface area contributed by atoms with E-state index in [0.717, 1.165) is 11.3 Å². The number of benzene rings is 2. The number of amides is 2. The van der Waals surface area contributed by atoms with Crippen molar-refractivity contribution in [2.75, 3.05) is 0 Å². The molecule has 0 atom stereocenters. The SMILES string of the molecule is Cc1c(C(=O)NNC(=O)c2nc(-c3ccccc3)n(-c3ccccc3)n2)cnn1-c1ccccn1. The molecule has 172 valence electrons. The first-order valence-electron chi connectivity index (χ1n) is 10.8. The smallest absolute Gasteiger partial charge is 0.267 e.